The van der Waals surface area contributed by atoms with Crippen molar-refractivity contribution in [3.63, 3.8) is 0 Å². The molecule has 2 aromatic rings. The molecule has 0 bridgehead atoms. The van der Waals surface area contributed by atoms with Crippen molar-refractivity contribution in [3.8, 4) is 0 Å². The second-order valence-electron chi connectivity index (χ2n) is 7.33. The van der Waals surface area contributed by atoms with Gasteiger partial charge in [0.25, 0.3) is 0 Å². The number of carbonyl (C=O) groups excluding carboxylic acids is 1. The Morgan fingerprint density at radius 3 is 2.67 bits per heavy atom. The van der Waals surface area contributed by atoms with Gasteiger partial charge in [0.05, 0.1) is 0 Å². The zero-order valence-corrected chi connectivity index (χ0v) is 16.0. The highest BCUT2D eigenvalue weighted by molar-refractivity contribution is 5.76. The van der Waals surface area contributed by atoms with Crippen molar-refractivity contribution < 1.29 is 4.79 Å². The van der Waals surface area contributed by atoms with E-state index in [0.29, 0.717) is 19.5 Å². The standard InChI is InChI=1S/C22H30N4O/c27-22(6-3-4-19-7-13-23-14-8-19)26(18-20-9-15-24-16-10-20)17-11-21-5-1-2-12-25-21/h1-2,5,9-10,12,15-16,19,23H,3-4,6-8,11,13-14,17-18H2. The molecule has 144 valence electrons. The first-order valence-corrected chi connectivity index (χ1v) is 10.1. The molecule has 3 heterocycles. The molecule has 5 heteroatoms. The van der Waals surface area contributed by atoms with Crippen molar-refractivity contribution in [2.45, 2.75) is 45.1 Å². The predicted molar refractivity (Wildman–Crippen MR) is 107 cm³/mol. The molecule has 1 amide bonds. The first-order valence-electron chi connectivity index (χ1n) is 10.1. The summed E-state index contributed by atoms with van der Waals surface area (Å²) in [7, 11) is 0. The summed E-state index contributed by atoms with van der Waals surface area (Å²) in [6.07, 6.45) is 11.4. The minimum atomic E-state index is 0.247. The Labute approximate surface area is 162 Å². The maximum Gasteiger partial charge on any atom is 0.222 e. The number of amides is 1. The highest BCUT2D eigenvalue weighted by atomic mass is 16.2. The van der Waals surface area contributed by atoms with Gasteiger partial charge in [-0.1, -0.05) is 6.07 Å². The molecular formula is C22H30N4O. The summed E-state index contributed by atoms with van der Waals surface area (Å²) in [6.45, 7) is 3.58. The molecular weight excluding hydrogens is 336 g/mol. The van der Waals surface area contributed by atoms with Crippen LogP contribution in [0.1, 0.15) is 43.4 Å². The Bertz CT molecular complexity index is 671. The fourth-order valence-corrected chi connectivity index (χ4v) is 3.67. The van der Waals surface area contributed by atoms with Crippen molar-refractivity contribution in [1.29, 1.82) is 0 Å². The van der Waals surface area contributed by atoms with Crippen LogP contribution in [0.2, 0.25) is 0 Å². The number of nitrogens with one attached hydrogen (secondary N) is 1. The lowest BCUT2D eigenvalue weighted by Gasteiger charge is -2.25. The van der Waals surface area contributed by atoms with E-state index in [-0.39, 0.29) is 5.91 Å². The second-order valence-corrected chi connectivity index (χ2v) is 7.33. The molecule has 2 aromatic heterocycles. The Morgan fingerprint density at radius 2 is 1.93 bits per heavy atom. The van der Waals surface area contributed by atoms with Gasteiger partial charge >= 0.3 is 0 Å². The van der Waals surface area contributed by atoms with E-state index in [4.69, 9.17) is 0 Å². The van der Waals surface area contributed by atoms with Gasteiger partial charge in [0.2, 0.25) is 5.91 Å². The Morgan fingerprint density at radius 1 is 1.11 bits per heavy atom. The number of hydrogen-bond acceptors (Lipinski definition) is 4. The minimum Gasteiger partial charge on any atom is -0.338 e. The van der Waals surface area contributed by atoms with E-state index in [1.54, 1.807) is 12.4 Å². The maximum atomic E-state index is 12.9. The fourth-order valence-electron chi connectivity index (χ4n) is 3.67. The zero-order valence-electron chi connectivity index (χ0n) is 16.0. The van der Waals surface area contributed by atoms with E-state index in [1.807, 2.05) is 41.4 Å². The molecule has 0 unspecified atom stereocenters. The topological polar surface area (TPSA) is 58.1 Å². The van der Waals surface area contributed by atoms with Gasteiger partial charge in [-0.2, -0.15) is 0 Å². The normalized spacial score (nSPS) is 14.8. The van der Waals surface area contributed by atoms with Crippen LogP contribution in [0.4, 0.5) is 0 Å². The third-order valence-electron chi connectivity index (χ3n) is 5.30. The predicted octanol–water partition coefficient (Wildman–Crippen LogP) is 3.22. The summed E-state index contributed by atoms with van der Waals surface area (Å²) in [5, 5.41) is 3.41. The van der Waals surface area contributed by atoms with Gasteiger partial charge in [-0.3, -0.25) is 14.8 Å². The van der Waals surface area contributed by atoms with Crippen LogP contribution >= 0.6 is 0 Å². The quantitative estimate of drug-likeness (QED) is 0.740. The molecule has 0 saturated carbocycles. The van der Waals surface area contributed by atoms with Crippen molar-refractivity contribution in [3.05, 3.63) is 60.2 Å². The zero-order chi connectivity index (χ0) is 18.7. The summed E-state index contributed by atoms with van der Waals surface area (Å²) < 4.78 is 0. The van der Waals surface area contributed by atoms with E-state index in [1.165, 1.54) is 12.8 Å². The van der Waals surface area contributed by atoms with Crippen LogP contribution in [0.5, 0.6) is 0 Å². The molecule has 1 aliphatic rings. The van der Waals surface area contributed by atoms with Gasteiger partial charge in [-0.05, 0) is 74.5 Å². The molecule has 0 radical (unpaired) electrons. The van der Waals surface area contributed by atoms with E-state index in [2.05, 4.69) is 15.3 Å². The van der Waals surface area contributed by atoms with Crippen molar-refractivity contribution >= 4 is 5.91 Å². The number of carbonyl (C=O) groups is 1. The lowest BCUT2D eigenvalue weighted by atomic mass is 9.92. The molecule has 1 aliphatic heterocycles. The third-order valence-corrected chi connectivity index (χ3v) is 5.30. The van der Waals surface area contributed by atoms with Gasteiger partial charge in [-0.15, -0.1) is 0 Å². The lowest BCUT2D eigenvalue weighted by Crippen LogP contribution is -2.33. The van der Waals surface area contributed by atoms with Gasteiger partial charge in [0.1, 0.15) is 0 Å². The molecule has 1 saturated heterocycles. The SMILES string of the molecule is O=C(CCCC1CCNCC1)N(CCc1ccccn1)Cc1ccncc1. The first kappa shape index (κ1) is 19.5. The second kappa shape index (κ2) is 10.8. The third kappa shape index (κ3) is 6.75. The number of aromatic nitrogens is 2. The summed E-state index contributed by atoms with van der Waals surface area (Å²) in [5.74, 6) is 1.03. The highest BCUT2D eigenvalue weighted by Crippen LogP contribution is 2.19. The highest BCUT2D eigenvalue weighted by Gasteiger charge is 2.17. The fraction of sp³-hybridized carbons (Fsp3) is 0.500. The van der Waals surface area contributed by atoms with Crippen molar-refractivity contribution in [1.82, 2.24) is 20.2 Å². The Hall–Kier alpha value is -2.27. The van der Waals surface area contributed by atoms with Crippen molar-refractivity contribution in [2.24, 2.45) is 5.92 Å². The molecule has 1 N–H and O–H groups in total. The number of piperidine rings is 1. The minimum absolute atomic E-state index is 0.247. The van der Waals surface area contributed by atoms with Crippen molar-refractivity contribution in [2.75, 3.05) is 19.6 Å². The number of nitrogens with zero attached hydrogens (tertiary/aromatic N) is 3. The van der Waals surface area contributed by atoms with Crippen LogP contribution < -0.4 is 5.32 Å². The van der Waals surface area contributed by atoms with E-state index in [0.717, 1.165) is 49.5 Å². The smallest absolute Gasteiger partial charge is 0.222 e. The molecule has 0 aliphatic carbocycles. The number of pyridine rings is 2. The summed E-state index contributed by atoms with van der Waals surface area (Å²) in [5.41, 5.74) is 2.15. The summed E-state index contributed by atoms with van der Waals surface area (Å²) in [6, 6.07) is 9.90. The molecule has 0 aromatic carbocycles. The molecule has 3 rings (SSSR count). The maximum absolute atomic E-state index is 12.9. The van der Waals surface area contributed by atoms with Crippen LogP contribution in [-0.2, 0) is 17.8 Å². The molecule has 1 fully saturated rings. The van der Waals surface area contributed by atoms with Gasteiger partial charge in [-0.25, -0.2) is 0 Å². The lowest BCUT2D eigenvalue weighted by molar-refractivity contribution is -0.132. The van der Waals surface area contributed by atoms with E-state index >= 15 is 0 Å². The van der Waals surface area contributed by atoms with Crippen LogP contribution in [0, 0.1) is 5.92 Å². The largest absolute Gasteiger partial charge is 0.338 e. The first-order chi connectivity index (χ1) is 13.3. The summed E-state index contributed by atoms with van der Waals surface area (Å²) in [4.78, 5) is 23.3. The molecule has 5 nitrogen and oxygen atoms in total. The Kier molecular flexibility index (Phi) is 7.78. The number of rotatable bonds is 9. The average molecular weight is 367 g/mol. The summed E-state index contributed by atoms with van der Waals surface area (Å²) >= 11 is 0. The van der Waals surface area contributed by atoms with Crippen LogP contribution in [0.25, 0.3) is 0 Å². The molecule has 27 heavy (non-hydrogen) atoms. The van der Waals surface area contributed by atoms with E-state index < -0.39 is 0 Å². The number of hydrogen-bond donors (Lipinski definition) is 1. The molecule has 0 spiro atoms. The van der Waals surface area contributed by atoms with Crippen LogP contribution in [0.3, 0.4) is 0 Å². The molecule has 0 atom stereocenters. The van der Waals surface area contributed by atoms with E-state index in [9.17, 15) is 4.79 Å². The van der Waals surface area contributed by atoms with Gasteiger partial charge in [0, 0.05) is 50.2 Å². The van der Waals surface area contributed by atoms with Crippen LogP contribution in [0.15, 0.2) is 48.9 Å². The Balaban J connectivity index is 1.53. The monoisotopic (exact) mass is 366 g/mol. The van der Waals surface area contributed by atoms with Gasteiger partial charge < -0.3 is 10.2 Å². The van der Waals surface area contributed by atoms with Gasteiger partial charge in [0.15, 0.2) is 0 Å². The van der Waals surface area contributed by atoms with Crippen LogP contribution in [-0.4, -0.2) is 40.4 Å². The average Bonchev–Trinajstić information content (AvgIpc) is 2.73.